The Kier molecular flexibility index (Phi) is 4.29. The largest absolute Gasteiger partial charge is 0.381 e. The summed E-state index contributed by atoms with van der Waals surface area (Å²) in [7, 11) is -0.420. The minimum Gasteiger partial charge on any atom is -0.381 e. The van der Waals surface area contributed by atoms with E-state index in [0.29, 0.717) is 18.8 Å². The SMILES string of the molecule is CCc1c(N)nnn1Cc1cccc(S(=O)(=O)N(C)C)c1. The maximum atomic E-state index is 12.1. The molecule has 8 heteroatoms. The molecule has 2 N–H and O–H groups in total. The van der Waals surface area contributed by atoms with Gasteiger partial charge < -0.3 is 5.73 Å². The molecule has 0 amide bonds. The summed E-state index contributed by atoms with van der Waals surface area (Å²) in [4.78, 5) is 0.260. The fraction of sp³-hybridized carbons (Fsp3) is 0.385. The van der Waals surface area contributed by atoms with Gasteiger partial charge in [-0.2, -0.15) is 0 Å². The molecular formula is C13H19N5O2S. The van der Waals surface area contributed by atoms with E-state index in [1.165, 1.54) is 18.4 Å². The second kappa shape index (κ2) is 5.82. The van der Waals surface area contributed by atoms with E-state index in [-0.39, 0.29) is 4.90 Å². The topological polar surface area (TPSA) is 94.1 Å². The Hall–Kier alpha value is -1.93. The third-order valence-corrected chi connectivity index (χ3v) is 5.02. The first kappa shape index (κ1) is 15.5. The molecule has 7 nitrogen and oxygen atoms in total. The van der Waals surface area contributed by atoms with Gasteiger partial charge in [-0.15, -0.1) is 5.10 Å². The normalized spacial score (nSPS) is 12.0. The van der Waals surface area contributed by atoms with Gasteiger partial charge in [0.15, 0.2) is 5.82 Å². The highest BCUT2D eigenvalue weighted by molar-refractivity contribution is 7.89. The smallest absolute Gasteiger partial charge is 0.242 e. The van der Waals surface area contributed by atoms with Gasteiger partial charge in [-0.1, -0.05) is 24.3 Å². The summed E-state index contributed by atoms with van der Waals surface area (Å²) in [6, 6.07) is 6.80. The summed E-state index contributed by atoms with van der Waals surface area (Å²) in [5.74, 6) is 0.412. The average molecular weight is 309 g/mol. The minimum absolute atomic E-state index is 0.260. The summed E-state index contributed by atoms with van der Waals surface area (Å²) in [6.45, 7) is 2.41. The summed E-state index contributed by atoms with van der Waals surface area (Å²) >= 11 is 0. The van der Waals surface area contributed by atoms with Crippen molar-refractivity contribution in [3.8, 4) is 0 Å². The highest BCUT2D eigenvalue weighted by atomic mass is 32.2. The van der Waals surface area contributed by atoms with Gasteiger partial charge in [0.1, 0.15) is 0 Å². The molecule has 0 aliphatic rings. The van der Waals surface area contributed by atoms with Crippen molar-refractivity contribution in [3.05, 3.63) is 35.5 Å². The molecule has 1 aromatic carbocycles. The molecule has 21 heavy (non-hydrogen) atoms. The Labute approximate surface area is 124 Å². The Balaban J connectivity index is 2.34. The Bertz CT molecular complexity index is 737. The van der Waals surface area contributed by atoms with Crippen LogP contribution in [0.15, 0.2) is 29.2 Å². The molecule has 0 atom stereocenters. The number of aromatic nitrogens is 3. The summed E-state index contributed by atoms with van der Waals surface area (Å²) in [6.07, 6.45) is 0.717. The zero-order chi connectivity index (χ0) is 15.6. The van der Waals surface area contributed by atoms with Gasteiger partial charge in [0.2, 0.25) is 10.0 Å². The van der Waals surface area contributed by atoms with Crippen LogP contribution in [0.1, 0.15) is 18.2 Å². The lowest BCUT2D eigenvalue weighted by Crippen LogP contribution is -2.22. The number of rotatable bonds is 5. The molecular weight excluding hydrogens is 290 g/mol. The van der Waals surface area contributed by atoms with Crippen LogP contribution in [0.3, 0.4) is 0 Å². The molecule has 0 spiro atoms. The van der Waals surface area contributed by atoms with Crippen LogP contribution in [-0.2, 0) is 23.0 Å². The van der Waals surface area contributed by atoms with Gasteiger partial charge in [-0.3, -0.25) is 0 Å². The lowest BCUT2D eigenvalue weighted by atomic mass is 10.2. The van der Waals surface area contributed by atoms with E-state index in [0.717, 1.165) is 11.3 Å². The number of anilines is 1. The number of sulfonamides is 1. The fourth-order valence-electron chi connectivity index (χ4n) is 2.02. The van der Waals surface area contributed by atoms with E-state index < -0.39 is 10.0 Å². The Morgan fingerprint density at radius 1 is 1.33 bits per heavy atom. The summed E-state index contributed by atoms with van der Waals surface area (Å²) in [5, 5.41) is 7.84. The molecule has 2 rings (SSSR count). The van der Waals surface area contributed by atoms with Crippen molar-refractivity contribution in [2.75, 3.05) is 19.8 Å². The third kappa shape index (κ3) is 3.06. The number of hydrogen-bond donors (Lipinski definition) is 1. The molecule has 0 aliphatic heterocycles. The lowest BCUT2D eigenvalue weighted by molar-refractivity contribution is 0.520. The van der Waals surface area contributed by atoms with E-state index >= 15 is 0 Å². The highest BCUT2D eigenvalue weighted by Crippen LogP contribution is 2.17. The van der Waals surface area contributed by atoms with Crippen molar-refractivity contribution in [2.24, 2.45) is 0 Å². The standard InChI is InChI=1S/C13H19N5O2S/c1-4-12-13(14)15-16-18(12)9-10-6-5-7-11(8-10)21(19,20)17(2)3/h5-8H,4,9,14H2,1-3H3. The molecule has 2 aromatic rings. The molecule has 0 fully saturated rings. The van der Waals surface area contributed by atoms with Crippen LogP contribution in [0.5, 0.6) is 0 Å². The first-order chi connectivity index (χ1) is 9.86. The maximum absolute atomic E-state index is 12.1. The Morgan fingerprint density at radius 2 is 2.05 bits per heavy atom. The summed E-state index contributed by atoms with van der Waals surface area (Å²) < 4.78 is 27.2. The van der Waals surface area contributed by atoms with E-state index in [1.807, 2.05) is 13.0 Å². The van der Waals surface area contributed by atoms with Crippen LogP contribution in [0.2, 0.25) is 0 Å². The quantitative estimate of drug-likeness (QED) is 0.878. The van der Waals surface area contributed by atoms with Crippen LogP contribution < -0.4 is 5.73 Å². The average Bonchev–Trinajstić information content (AvgIpc) is 2.79. The van der Waals surface area contributed by atoms with Crippen molar-refractivity contribution in [3.63, 3.8) is 0 Å². The van der Waals surface area contributed by atoms with Crippen molar-refractivity contribution in [1.29, 1.82) is 0 Å². The minimum atomic E-state index is -3.44. The van der Waals surface area contributed by atoms with Gasteiger partial charge in [-0.25, -0.2) is 17.4 Å². The molecule has 1 aromatic heterocycles. The van der Waals surface area contributed by atoms with Crippen LogP contribution in [0.4, 0.5) is 5.82 Å². The van der Waals surface area contributed by atoms with E-state index in [2.05, 4.69) is 10.3 Å². The molecule has 114 valence electrons. The van der Waals surface area contributed by atoms with Crippen LogP contribution in [-0.4, -0.2) is 41.8 Å². The van der Waals surface area contributed by atoms with Crippen LogP contribution >= 0.6 is 0 Å². The van der Waals surface area contributed by atoms with E-state index in [1.54, 1.807) is 22.9 Å². The number of nitrogens with zero attached hydrogens (tertiary/aromatic N) is 4. The van der Waals surface area contributed by atoms with E-state index in [4.69, 9.17) is 5.73 Å². The van der Waals surface area contributed by atoms with Gasteiger partial charge in [0.05, 0.1) is 17.1 Å². The first-order valence-corrected chi connectivity index (χ1v) is 7.99. The monoisotopic (exact) mass is 309 g/mol. The van der Waals surface area contributed by atoms with Crippen LogP contribution in [0, 0.1) is 0 Å². The first-order valence-electron chi connectivity index (χ1n) is 6.55. The molecule has 0 aliphatic carbocycles. The van der Waals surface area contributed by atoms with Gasteiger partial charge in [0, 0.05) is 14.1 Å². The van der Waals surface area contributed by atoms with Crippen molar-refractivity contribution in [2.45, 2.75) is 24.8 Å². The molecule has 1 heterocycles. The van der Waals surface area contributed by atoms with Gasteiger partial charge in [0.25, 0.3) is 0 Å². The highest BCUT2D eigenvalue weighted by Gasteiger charge is 2.17. The Morgan fingerprint density at radius 3 is 2.67 bits per heavy atom. The zero-order valence-electron chi connectivity index (χ0n) is 12.3. The van der Waals surface area contributed by atoms with E-state index in [9.17, 15) is 8.42 Å². The molecule has 0 radical (unpaired) electrons. The number of benzene rings is 1. The second-order valence-electron chi connectivity index (χ2n) is 4.87. The third-order valence-electron chi connectivity index (χ3n) is 3.21. The van der Waals surface area contributed by atoms with Gasteiger partial charge >= 0.3 is 0 Å². The van der Waals surface area contributed by atoms with Crippen molar-refractivity contribution >= 4 is 15.8 Å². The molecule has 0 unspecified atom stereocenters. The molecule has 0 saturated heterocycles. The predicted molar refractivity (Wildman–Crippen MR) is 80.2 cm³/mol. The maximum Gasteiger partial charge on any atom is 0.242 e. The number of hydrogen-bond acceptors (Lipinski definition) is 5. The molecule has 0 bridgehead atoms. The van der Waals surface area contributed by atoms with Crippen LogP contribution in [0.25, 0.3) is 0 Å². The predicted octanol–water partition coefficient (Wildman–Crippen LogP) is 0.721. The zero-order valence-corrected chi connectivity index (χ0v) is 13.1. The van der Waals surface area contributed by atoms with Gasteiger partial charge in [-0.05, 0) is 24.1 Å². The second-order valence-corrected chi connectivity index (χ2v) is 7.02. The molecule has 0 saturated carbocycles. The fourth-order valence-corrected chi connectivity index (χ4v) is 3.00. The lowest BCUT2D eigenvalue weighted by Gasteiger charge is -2.12. The van der Waals surface area contributed by atoms with Crippen molar-refractivity contribution in [1.82, 2.24) is 19.3 Å². The number of nitrogens with two attached hydrogens (primary N) is 1. The number of nitrogen functional groups attached to an aromatic ring is 1. The summed E-state index contributed by atoms with van der Waals surface area (Å²) in [5.41, 5.74) is 7.42. The van der Waals surface area contributed by atoms with Crippen molar-refractivity contribution < 1.29 is 8.42 Å².